The topological polar surface area (TPSA) is 74.6 Å². The zero-order valence-corrected chi connectivity index (χ0v) is 11.7. The number of benzene rings is 2. The number of aliphatic carboxylic acids is 1. The van der Waals surface area contributed by atoms with Crippen LogP contribution in [0.2, 0.25) is 0 Å². The van der Waals surface area contributed by atoms with Crippen molar-refractivity contribution in [1.29, 1.82) is 0 Å². The van der Waals surface area contributed by atoms with Crippen molar-refractivity contribution in [3.8, 4) is 0 Å². The van der Waals surface area contributed by atoms with E-state index in [9.17, 15) is 14.7 Å². The van der Waals surface area contributed by atoms with Gasteiger partial charge in [0.2, 0.25) is 0 Å². The van der Waals surface area contributed by atoms with E-state index in [0.29, 0.717) is 11.3 Å². The predicted molar refractivity (Wildman–Crippen MR) is 78.5 cm³/mol. The van der Waals surface area contributed by atoms with Crippen LogP contribution in [0.5, 0.6) is 0 Å². The second kappa shape index (κ2) is 5.96. The maximum Gasteiger partial charge on any atom is 0.336 e. The van der Waals surface area contributed by atoms with Gasteiger partial charge in [0.15, 0.2) is 0 Å². The smallest absolute Gasteiger partial charge is 0.336 e. The third-order valence-electron chi connectivity index (χ3n) is 2.99. The molecule has 2 N–H and O–H groups in total. The Morgan fingerprint density at radius 2 is 1.75 bits per heavy atom. The number of hydrogen-bond acceptors (Lipinski definition) is 3. The molecular weight excluding hydrogens is 276 g/mol. The molecule has 0 aromatic heterocycles. The second-order valence-electron chi connectivity index (χ2n) is 4.35. The molecule has 0 fully saturated rings. The fourth-order valence-corrected chi connectivity index (χ4v) is 2.99. The molecule has 0 amide bonds. The summed E-state index contributed by atoms with van der Waals surface area (Å²) in [7, 11) is 0. The number of carboxylic acids is 2. The Hall–Kier alpha value is -2.01. The lowest BCUT2D eigenvalue weighted by Gasteiger charge is -2.12. The molecule has 2 aromatic rings. The van der Waals surface area contributed by atoms with Crippen molar-refractivity contribution < 1.29 is 19.8 Å². The maximum atomic E-state index is 11.3. The van der Waals surface area contributed by atoms with Gasteiger partial charge < -0.3 is 10.2 Å². The van der Waals surface area contributed by atoms with Crippen molar-refractivity contribution in [2.45, 2.75) is 23.5 Å². The highest BCUT2D eigenvalue weighted by Gasteiger charge is 2.20. The van der Waals surface area contributed by atoms with Gasteiger partial charge >= 0.3 is 11.9 Å². The van der Waals surface area contributed by atoms with Gasteiger partial charge in [-0.2, -0.15) is 0 Å². The zero-order chi connectivity index (χ0) is 14.7. The van der Waals surface area contributed by atoms with Crippen LogP contribution in [-0.4, -0.2) is 27.4 Å². The van der Waals surface area contributed by atoms with Crippen LogP contribution in [0.1, 0.15) is 23.7 Å². The lowest BCUT2D eigenvalue weighted by atomic mass is 10.1. The minimum Gasteiger partial charge on any atom is -0.480 e. The quantitative estimate of drug-likeness (QED) is 0.824. The Labute approximate surface area is 120 Å². The third-order valence-corrected chi connectivity index (χ3v) is 4.40. The molecule has 1 unspecified atom stereocenters. The van der Waals surface area contributed by atoms with E-state index in [1.165, 1.54) is 0 Å². The van der Waals surface area contributed by atoms with Crippen LogP contribution in [-0.2, 0) is 4.79 Å². The van der Waals surface area contributed by atoms with Gasteiger partial charge in [0.1, 0.15) is 5.25 Å². The van der Waals surface area contributed by atoms with Crippen molar-refractivity contribution in [1.82, 2.24) is 0 Å². The summed E-state index contributed by atoms with van der Waals surface area (Å²) in [5.74, 6) is -1.97. The fourth-order valence-electron chi connectivity index (χ4n) is 1.95. The van der Waals surface area contributed by atoms with Crippen LogP contribution in [0.25, 0.3) is 10.8 Å². The zero-order valence-electron chi connectivity index (χ0n) is 10.9. The first kappa shape index (κ1) is 14.4. The summed E-state index contributed by atoms with van der Waals surface area (Å²) in [6, 6.07) is 10.8. The van der Waals surface area contributed by atoms with Crippen molar-refractivity contribution in [3.63, 3.8) is 0 Å². The number of fused-ring (bicyclic) bond motifs is 1. The van der Waals surface area contributed by atoms with E-state index in [2.05, 4.69) is 0 Å². The highest BCUT2D eigenvalue weighted by molar-refractivity contribution is 8.00. The van der Waals surface area contributed by atoms with E-state index in [1.54, 1.807) is 19.1 Å². The Kier molecular flexibility index (Phi) is 4.29. The first-order valence-electron chi connectivity index (χ1n) is 6.18. The van der Waals surface area contributed by atoms with Crippen LogP contribution in [0.3, 0.4) is 0 Å². The van der Waals surface area contributed by atoms with Gasteiger partial charge in [-0.1, -0.05) is 31.2 Å². The lowest BCUT2D eigenvalue weighted by molar-refractivity contribution is -0.136. The van der Waals surface area contributed by atoms with E-state index in [0.717, 1.165) is 22.5 Å². The molecule has 2 rings (SSSR count). The van der Waals surface area contributed by atoms with Crippen molar-refractivity contribution in [3.05, 3.63) is 42.0 Å². The second-order valence-corrected chi connectivity index (χ2v) is 5.60. The average Bonchev–Trinajstić information content (AvgIpc) is 2.43. The van der Waals surface area contributed by atoms with Crippen LogP contribution < -0.4 is 0 Å². The molecule has 4 nitrogen and oxygen atoms in total. The summed E-state index contributed by atoms with van der Waals surface area (Å²) in [4.78, 5) is 22.9. The number of aromatic carboxylic acids is 1. The summed E-state index contributed by atoms with van der Waals surface area (Å²) < 4.78 is 0. The summed E-state index contributed by atoms with van der Waals surface area (Å²) in [6.45, 7) is 1.77. The molecule has 0 aliphatic rings. The Morgan fingerprint density at radius 3 is 2.25 bits per heavy atom. The number of carbonyl (C=O) groups is 2. The molecule has 0 aliphatic heterocycles. The van der Waals surface area contributed by atoms with Crippen LogP contribution in [0.15, 0.2) is 41.3 Å². The molecule has 0 radical (unpaired) electrons. The van der Waals surface area contributed by atoms with Gasteiger partial charge in [0, 0.05) is 4.90 Å². The molecule has 0 spiro atoms. The minimum absolute atomic E-state index is 0.147. The predicted octanol–water partition coefficient (Wildman–Crippen LogP) is 3.49. The molecule has 0 aliphatic carbocycles. The third kappa shape index (κ3) is 2.93. The van der Waals surface area contributed by atoms with Gasteiger partial charge in [0.25, 0.3) is 0 Å². The fraction of sp³-hybridized carbons (Fsp3) is 0.200. The molecule has 2 aromatic carbocycles. The van der Waals surface area contributed by atoms with Crippen LogP contribution >= 0.6 is 11.8 Å². The summed E-state index contributed by atoms with van der Waals surface area (Å²) in [5.41, 5.74) is 0.147. The lowest BCUT2D eigenvalue weighted by Crippen LogP contribution is -2.15. The highest BCUT2D eigenvalue weighted by Crippen LogP contribution is 2.32. The molecule has 0 saturated heterocycles. The van der Waals surface area contributed by atoms with Gasteiger partial charge in [-0.3, -0.25) is 4.79 Å². The number of carboxylic acid groups (broad SMARTS) is 2. The summed E-state index contributed by atoms with van der Waals surface area (Å²) in [5, 5.41) is 19.5. The van der Waals surface area contributed by atoms with Crippen LogP contribution in [0.4, 0.5) is 0 Å². The molecule has 0 heterocycles. The Bertz CT molecular complexity index is 666. The Morgan fingerprint density at radius 1 is 1.15 bits per heavy atom. The van der Waals surface area contributed by atoms with Crippen molar-refractivity contribution >= 4 is 34.5 Å². The van der Waals surface area contributed by atoms with E-state index in [-0.39, 0.29) is 5.56 Å². The van der Waals surface area contributed by atoms with Crippen molar-refractivity contribution in [2.75, 3.05) is 0 Å². The van der Waals surface area contributed by atoms with E-state index >= 15 is 0 Å². The van der Waals surface area contributed by atoms with Gasteiger partial charge in [0.05, 0.1) is 5.56 Å². The highest BCUT2D eigenvalue weighted by atomic mass is 32.2. The molecule has 0 bridgehead atoms. The molecular formula is C15H14O4S. The number of thioether (sulfide) groups is 1. The average molecular weight is 290 g/mol. The van der Waals surface area contributed by atoms with E-state index < -0.39 is 17.2 Å². The summed E-state index contributed by atoms with van der Waals surface area (Å²) >= 11 is 1.09. The number of hydrogen-bond donors (Lipinski definition) is 2. The molecule has 20 heavy (non-hydrogen) atoms. The Balaban J connectivity index is 2.52. The van der Waals surface area contributed by atoms with E-state index in [1.807, 2.05) is 24.3 Å². The van der Waals surface area contributed by atoms with Gasteiger partial charge in [-0.15, -0.1) is 11.8 Å². The number of rotatable bonds is 5. The molecule has 5 heteroatoms. The minimum atomic E-state index is -1.04. The molecule has 0 saturated carbocycles. The van der Waals surface area contributed by atoms with E-state index in [4.69, 9.17) is 5.11 Å². The normalized spacial score (nSPS) is 12.2. The van der Waals surface area contributed by atoms with Crippen LogP contribution in [0, 0.1) is 0 Å². The first-order chi connectivity index (χ1) is 9.52. The SMILES string of the molecule is CCC(Sc1cc2ccccc2cc1C(=O)O)C(=O)O. The van der Waals surface area contributed by atoms with Gasteiger partial charge in [-0.05, 0) is 29.3 Å². The maximum absolute atomic E-state index is 11.3. The first-order valence-corrected chi connectivity index (χ1v) is 7.06. The van der Waals surface area contributed by atoms with Crippen molar-refractivity contribution in [2.24, 2.45) is 0 Å². The largest absolute Gasteiger partial charge is 0.480 e. The molecule has 1 atom stereocenters. The monoisotopic (exact) mass is 290 g/mol. The van der Waals surface area contributed by atoms with Gasteiger partial charge in [-0.25, -0.2) is 4.79 Å². The standard InChI is InChI=1S/C15H14O4S/c1-2-12(15(18)19)20-13-8-10-6-4-3-5-9(10)7-11(13)14(16)17/h3-8,12H,2H2,1H3,(H,16,17)(H,18,19). The summed E-state index contributed by atoms with van der Waals surface area (Å²) in [6.07, 6.45) is 0.436. The molecule has 104 valence electrons.